The Hall–Kier alpha value is -2.79. The lowest BCUT2D eigenvalue weighted by atomic mass is 9.45. The summed E-state index contributed by atoms with van der Waals surface area (Å²) in [5.74, 6) is -3.43. The zero-order chi connectivity index (χ0) is 30.1. The molecule has 1 aromatic rings. The molecule has 224 valence electrons. The summed E-state index contributed by atoms with van der Waals surface area (Å²) in [7, 11) is 0. The van der Waals surface area contributed by atoms with Crippen molar-refractivity contribution in [1.29, 1.82) is 0 Å². The minimum atomic E-state index is -1.52. The molecule has 5 rings (SSSR count). The summed E-state index contributed by atoms with van der Waals surface area (Å²) in [5, 5.41) is 35.3. The fourth-order valence-electron chi connectivity index (χ4n) is 8.22. The number of benzene rings is 1. The van der Waals surface area contributed by atoms with Crippen molar-refractivity contribution in [3.05, 3.63) is 47.0 Å². The van der Waals surface area contributed by atoms with Crippen molar-refractivity contribution < 1.29 is 48.7 Å². The molecule has 1 heterocycles. The van der Waals surface area contributed by atoms with Crippen molar-refractivity contribution in [2.45, 2.75) is 96.6 Å². The second-order valence-electron chi connectivity index (χ2n) is 12.8. The minimum Gasteiger partial charge on any atom is -0.458 e. The van der Waals surface area contributed by atoms with E-state index in [0.29, 0.717) is 16.7 Å². The van der Waals surface area contributed by atoms with Crippen LogP contribution in [0.3, 0.4) is 0 Å². The zero-order valence-electron chi connectivity index (χ0n) is 24.3. The van der Waals surface area contributed by atoms with Gasteiger partial charge in [-0.2, -0.15) is 0 Å². The molecule has 10 nitrogen and oxygen atoms in total. The van der Waals surface area contributed by atoms with Gasteiger partial charge in [0.05, 0.1) is 30.3 Å². The van der Waals surface area contributed by atoms with E-state index in [1.54, 1.807) is 44.2 Å². The fraction of sp³-hybridized carbons (Fsp3) is 0.645. The quantitative estimate of drug-likeness (QED) is 0.279. The molecular weight excluding hydrogens is 532 g/mol. The topological polar surface area (TPSA) is 149 Å². The second-order valence-corrected chi connectivity index (χ2v) is 12.8. The van der Waals surface area contributed by atoms with Crippen molar-refractivity contribution in [3.63, 3.8) is 0 Å². The first kappa shape index (κ1) is 29.7. The van der Waals surface area contributed by atoms with Crippen LogP contribution in [0.1, 0.15) is 64.7 Å². The fourth-order valence-corrected chi connectivity index (χ4v) is 8.22. The van der Waals surface area contributed by atoms with Crippen LogP contribution in [0.4, 0.5) is 0 Å². The normalized spacial score (nSPS) is 41.0. The van der Waals surface area contributed by atoms with Gasteiger partial charge in [0.2, 0.25) is 0 Å². The number of fused-ring (bicyclic) bond motifs is 5. The Morgan fingerprint density at radius 2 is 1.61 bits per heavy atom. The molecule has 41 heavy (non-hydrogen) atoms. The van der Waals surface area contributed by atoms with Gasteiger partial charge in [0, 0.05) is 31.6 Å². The molecule has 0 aromatic heterocycles. The highest BCUT2D eigenvalue weighted by Gasteiger charge is 2.75. The third kappa shape index (κ3) is 4.42. The van der Waals surface area contributed by atoms with Gasteiger partial charge in [-0.3, -0.25) is 9.59 Å². The molecule has 0 radical (unpaired) electrons. The van der Waals surface area contributed by atoms with E-state index in [1.807, 2.05) is 13.8 Å². The molecule has 2 saturated carbocycles. The summed E-state index contributed by atoms with van der Waals surface area (Å²) in [6.45, 7) is 9.69. The SMILES string of the molecule is CC(=O)O[C@@H]1C2=C(C)[C@@H](O)CC(C(OC(=O)c3ccccc3)C3[C@](C)([C@@H]1O)[C@@H](O)C[C@H]1OC[C@@]31OC(C)=O)C2(C)C. The number of carbonyl (C=O) groups is 3. The number of esters is 3. The van der Waals surface area contributed by atoms with E-state index in [9.17, 15) is 29.7 Å². The van der Waals surface area contributed by atoms with Crippen LogP contribution >= 0.6 is 0 Å². The summed E-state index contributed by atoms with van der Waals surface area (Å²) in [6.07, 6.45) is -6.48. The van der Waals surface area contributed by atoms with Gasteiger partial charge in [-0.05, 0) is 42.0 Å². The third-order valence-corrected chi connectivity index (χ3v) is 10.2. The maximum atomic E-state index is 13.7. The van der Waals surface area contributed by atoms with Crippen molar-refractivity contribution >= 4 is 17.9 Å². The summed E-state index contributed by atoms with van der Waals surface area (Å²) in [4.78, 5) is 38.7. The molecule has 10 heteroatoms. The number of hydrogen-bond acceptors (Lipinski definition) is 10. The maximum absolute atomic E-state index is 13.7. The standard InChI is InChI=1S/C31H40O10/c1-15-20(34)12-19-24(40-28(37)18-10-8-7-9-11-18)26-30(6,21(35)13-22-31(26,14-38-22)41-17(3)33)27(36)25(39-16(2)32)23(15)29(19,4)5/h7-11,19-22,24-27,34-36H,12-14H2,1-6H3/t19?,20-,21-,22+,24?,25+,26?,27+,30+,31-/m0/s1. The van der Waals surface area contributed by atoms with Crippen molar-refractivity contribution in [2.75, 3.05) is 6.61 Å². The van der Waals surface area contributed by atoms with Crippen LogP contribution in [0.5, 0.6) is 0 Å². The van der Waals surface area contributed by atoms with Crippen molar-refractivity contribution in [3.8, 4) is 0 Å². The Balaban J connectivity index is 1.79. The van der Waals surface area contributed by atoms with Gasteiger partial charge in [0.1, 0.15) is 18.3 Å². The van der Waals surface area contributed by atoms with Gasteiger partial charge < -0.3 is 34.3 Å². The highest BCUT2D eigenvalue weighted by atomic mass is 16.6. The summed E-state index contributed by atoms with van der Waals surface area (Å²) in [6, 6.07) is 8.45. The van der Waals surface area contributed by atoms with Crippen molar-refractivity contribution in [2.24, 2.45) is 22.7 Å². The predicted molar refractivity (Wildman–Crippen MR) is 144 cm³/mol. The molecule has 2 bridgehead atoms. The lowest BCUT2D eigenvalue weighted by Gasteiger charge is -2.67. The molecular formula is C31H40O10. The minimum absolute atomic E-state index is 0.0357. The molecule has 3 fully saturated rings. The lowest BCUT2D eigenvalue weighted by Crippen LogP contribution is -2.80. The van der Waals surface area contributed by atoms with E-state index < -0.39 is 82.8 Å². The third-order valence-electron chi connectivity index (χ3n) is 10.2. The Labute approximate surface area is 239 Å². The van der Waals surface area contributed by atoms with Crippen LogP contribution in [0.2, 0.25) is 0 Å². The van der Waals surface area contributed by atoms with E-state index in [4.69, 9.17) is 18.9 Å². The molecule has 0 spiro atoms. The van der Waals surface area contributed by atoms with Gasteiger partial charge in [0.25, 0.3) is 0 Å². The first-order valence-corrected chi connectivity index (χ1v) is 14.2. The molecule has 1 aromatic carbocycles. The number of rotatable bonds is 4. The molecule has 10 atom stereocenters. The average molecular weight is 573 g/mol. The summed E-state index contributed by atoms with van der Waals surface area (Å²) >= 11 is 0. The van der Waals surface area contributed by atoms with Gasteiger partial charge in [-0.1, -0.05) is 39.0 Å². The summed E-state index contributed by atoms with van der Waals surface area (Å²) in [5.41, 5.74) is -2.35. The smallest absolute Gasteiger partial charge is 0.338 e. The summed E-state index contributed by atoms with van der Waals surface area (Å²) < 4.78 is 24.0. The first-order chi connectivity index (χ1) is 19.2. The Kier molecular flexibility index (Phi) is 7.38. The van der Waals surface area contributed by atoms with Gasteiger partial charge >= 0.3 is 17.9 Å². The van der Waals surface area contributed by atoms with Crippen LogP contribution in [-0.2, 0) is 28.5 Å². The zero-order valence-corrected chi connectivity index (χ0v) is 24.3. The van der Waals surface area contributed by atoms with Crippen molar-refractivity contribution in [1.82, 2.24) is 0 Å². The van der Waals surface area contributed by atoms with Gasteiger partial charge in [0.15, 0.2) is 11.7 Å². The van der Waals surface area contributed by atoms with E-state index >= 15 is 0 Å². The molecule has 1 saturated heterocycles. The molecule has 3 aliphatic carbocycles. The number of hydrogen-bond donors (Lipinski definition) is 3. The predicted octanol–water partition coefficient (Wildman–Crippen LogP) is 2.33. The highest BCUT2D eigenvalue weighted by Crippen LogP contribution is 2.64. The van der Waals surface area contributed by atoms with Crippen LogP contribution in [-0.4, -0.2) is 82.1 Å². The molecule has 3 N–H and O–H groups in total. The highest BCUT2D eigenvalue weighted by molar-refractivity contribution is 5.89. The number of carbonyl (C=O) groups excluding carboxylic acids is 3. The molecule has 4 aliphatic rings. The Morgan fingerprint density at radius 3 is 2.17 bits per heavy atom. The molecule has 1 aliphatic heterocycles. The second kappa shape index (κ2) is 10.2. The van der Waals surface area contributed by atoms with E-state index in [0.717, 1.165) is 0 Å². The van der Waals surface area contributed by atoms with E-state index in [1.165, 1.54) is 13.8 Å². The Bertz CT molecular complexity index is 1260. The van der Waals surface area contributed by atoms with Crippen LogP contribution in [0, 0.1) is 22.7 Å². The van der Waals surface area contributed by atoms with Gasteiger partial charge in [-0.25, -0.2) is 4.79 Å². The number of aliphatic hydroxyl groups excluding tert-OH is 3. The number of aliphatic hydroxyl groups is 3. The van der Waals surface area contributed by atoms with E-state index in [2.05, 4.69) is 0 Å². The molecule has 0 amide bonds. The van der Waals surface area contributed by atoms with Crippen LogP contribution < -0.4 is 0 Å². The average Bonchev–Trinajstić information content (AvgIpc) is 2.89. The van der Waals surface area contributed by atoms with Gasteiger partial charge in [-0.15, -0.1) is 0 Å². The molecule has 3 unspecified atom stereocenters. The van der Waals surface area contributed by atoms with Crippen LogP contribution in [0.15, 0.2) is 41.5 Å². The lowest BCUT2D eigenvalue weighted by molar-refractivity contribution is -0.354. The Morgan fingerprint density at radius 1 is 0.951 bits per heavy atom. The van der Waals surface area contributed by atoms with E-state index in [-0.39, 0.29) is 19.4 Å². The number of ether oxygens (including phenoxy) is 4. The monoisotopic (exact) mass is 572 g/mol. The first-order valence-electron chi connectivity index (χ1n) is 14.2. The maximum Gasteiger partial charge on any atom is 0.338 e. The largest absolute Gasteiger partial charge is 0.458 e. The van der Waals surface area contributed by atoms with Crippen LogP contribution in [0.25, 0.3) is 0 Å².